The quantitative estimate of drug-likeness (QED) is 0.183. The average molecular weight is 589 g/mol. The summed E-state index contributed by atoms with van der Waals surface area (Å²) in [4.78, 5) is 20.3. The van der Waals surface area contributed by atoms with E-state index in [2.05, 4.69) is 50.8 Å². The number of hydrogen-bond donors (Lipinski definition) is 1. The highest BCUT2D eigenvalue weighted by atomic mass is 79.9. The first-order valence-electron chi connectivity index (χ1n) is 12.4. The van der Waals surface area contributed by atoms with Crippen LogP contribution in [-0.2, 0) is 9.47 Å². The van der Waals surface area contributed by atoms with Crippen LogP contribution in [0.5, 0.6) is 11.5 Å². The number of rotatable bonds is 10. The van der Waals surface area contributed by atoms with Gasteiger partial charge in [0.2, 0.25) is 0 Å². The molecule has 1 aliphatic rings. The highest BCUT2D eigenvalue weighted by Gasteiger charge is 2.20. The number of carbonyl (C=O) groups is 1. The van der Waals surface area contributed by atoms with Gasteiger partial charge in [0.1, 0.15) is 17.2 Å². The summed E-state index contributed by atoms with van der Waals surface area (Å²) in [6, 6.07) is 14.1. The zero-order valence-electron chi connectivity index (χ0n) is 21.8. The zero-order valence-corrected chi connectivity index (χ0v) is 24.4. The van der Waals surface area contributed by atoms with Crippen molar-refractivity contribution in [3.63, 3.8) is 0 Å². The number of para-hydroxylation sites is 2. The van der Waals surface area contributed by atoms with E-state index < -0.39 is 8.07 Å². The number of methoxy groups -OCH3 is 1. The Morgan fingerprint density at radius 2 is 1.92 bits per heavy atom. The highest BCUT2D eigenvalue weighted by Crippen LogP contribution is 2.35. The van der Waals surface area contributed by atoms with E-state index in [1.165, 1.54) is 0 Å². The van der Waals surface area contributed by atoms with Crippen LogP contribution >= 0.6 is 15.9 Å². The molecule has 0 radical (unpaired) electrons. The molecule has 1 aromatic heterocycles. The molecule has 1 aliphatic heterocycles. The number of halogens is 1. The summed E-state index contributed by atoms with van der Waals surface area (Å²) in [6.07, 6.45) is 0. The van der Waals surface area contributed by atoms with Crippen molar-refractivity contribution in [2.45, 2.75) is 25.7 Å². The van der Waals surface area contributed by atoms with Gasteiger partial charge in [-0.05, 0) is 46.2 Å². The number of morpholine rings is 1. The van der Waals surface area contributed by atoms with Crippen molar-refractivity contribution in [3.8, 4) is 11.5 Å². The Morgan fingerprint density at radius 1 is 1.16 bits per heavy atom. The van der Waals surface area contributed by atoms with E-state index in [0.29, 0.717) is 41.3 Å². The smallest absolute Gasteiger partial charge is 0.274 e. The van der Waals surface area contributed by atoms with Crippen LogP contribution in [0.3, 0.4) is 0 Å². The van der Waals surface area contributed by atoms with Crippen molar-refractivity contribution >= 4 is 52.2 Å². The molecule has 10 heteroatoms. The summed E-state index contributed by atoms with van der Waals surface area (Å²) in [5.41, 5.74) is 2.53. The standard InChI is InChI=1S/C27H34BrN3O5Si/c1-33-19-15-20-25(36-18-35-13-14-37(2,3)4)17-23(29-26(20)21(28)16-19)27(32)30-22-7-5-6-8-24(22)31-9-11-34-12-10-31/h5-8,15-17H,9-14,18H2,1-4H3,(H,30,32). The molecule has 2 heterocycles. The molecule has 0 saturated carbocycles. The molecular weight excluding hydrogens is 554 g/mol. The van der Waals surface area contributed by atoms with Crippen molar-refractivity contribution in [2.75, 3.05) is 57.0 Å². The molecule has 1 N–H and O–H groups in total. The largest absolute Gasteiger partial charge is 0.497 e. The first kappa shape index (κ1) is 27.4. The summed E-state index contributed by atoms with van der Waals surface area (Å²) in [7, 11) is 0.401. The second-order valence-electron chi connectivity index (χ2n) is 10.1. The number of carbonyl (C=O) groups excluding carboxylic acids is 1. The van der Waals surface area contributed by atoms with Crippen LogP contribution in [-0.4, -0.2) is 65.8 Å². The van der Waals surface area contributed by atoms with Gasteiger partial charge in [0.05, 0.1) is 37.2 Å². The molecule has 1 fully saturated rings. The summed E-state index contributed by atoms with van der Waals surface area (Å²) in [5, 5.41) is 3.77. The van der Waals surface area contributed by atoms with E-state index in [-0.39, 0.29) is 18.4 Å². The van der Waals surface area contributed by atoms with E-state index in [1.54, 1.807) is 13.2 Å². The predicted molar refractivity (Wildman–Crippen MR) is 153 cm³/mol. The van der Waals surface area contributed by atoms with E-state index in [1.807, 2.05) is 36.4 Å². The van der Waals surface area contributed by atoms with Gasteiger partial charge in [-0.1, -0.05) is 31.8 Å². The lowest BCUT2D eigenvalue weighted by Crippen LogP contribution is -2.36. The summed E-state index contributed by atoms with van der Waals surface area (Å²) in [5.74, 6) is 0.835. The third-order valence-electron chi connectivity index (χ3n) is 6.07. The van der Waals surface area contributed by atoms with Gasteiger partial charge in [-0.2, -0.15) is 0 Å². The maximum atomic E-state index is 13.4. The molecule has 37 heavy (non-hydrogen) atoms. The van der Waals surface area contributed by atoms with Crippen LogP contribution in [0.2, 0.25) is 25.7 Å². The Labute approximate surface area is 227 Å². The van der Waals surface area contributed by atoms with Gasteiger partial charge >= 0.3 is 0 Å². The Bertz CT molecular complexity index is 1240. The van der Waals surface area contributed by atoms with Crippen LogP contribution in [0.4, 0.5) is 11.4 Å². The number of aromatic nitrogens is 1. The van der Waals surface area contributed by atoms with Gasteiger partial charge in [-0.15, -0.1) is 0 Å². The monoisotopic (exact) mass is 587 g/mol. The molecule has 0 unspecified atom stereocenters. The van der Waals surface area contributed by atoms with Crippen molar-refractivity contribution in [1.29, 1.82) is 0 Å². The number of nitrogens with one attached hydrogen (secondary N) is 1. The molecule has 1 saturated heterocycles. The fraction of sp³-hybridized carbons (Fsp3) is 0.407. The molecule has 3 aromatic rings. The van der Waals surface area contributed by atoms with Gasteiger partial charge in [-0.3, -0.25) is 4.79 Å². The van der Waals surface area contributed by atoms with Crippen molar-refractivity contribution < 1.29 is 23.7 Å². The summed E-state index contributed by atoms with van der Waals surface area (Å²) >= 11 is 3.58. The molecule has 8 nitrogen and oxygen atoms in total. The Hall–Kier alpha value is -2.66. The first-order chi connectivity index (χ1) is 17.7. The summed E-state index contributed by atoms with van der Waals surface area (Å²) in [6.45, 7) is 10.5. The maximum absolute atomic E-state index is 13.4. The molecule has 0 bridgehead atoms. The minimum atomic E-state index is -1.21. The van der Waals surface area contributed by atoms with Crippen LogP contribution in [0.25, 0.3) is 10.9 Å². The fourth-order valence-corrected chi connectivity index (χ4v) is 5.26. The van der Waals surface area contributed by atoms with Gasteiger partial charge < -0.3 is 29.2 Å². The number of amides is 1. The lowest BCUT2D eigenvalue weighted by atomic mass is 10.1. The van der Waals surface area contributed by atoms with Crippen molar-refractivity contribution in [1.82, 2.24) is 4.98 Å². The number of nitrogens with zero attached hydrogens (tertiary/aromatic N) is 2. The number of benzene rings is 2. The number of ether oxygens (including phenoxy) is 4. The second kappa shape index (κ2) is 12.3. The SMILES string of the molecule is COc1cc(Br)c2nc(C(=O)Nc3ccccc3N3CCOCC3)cc(OCOCC[Si](C)(C)C)c2c1. The maximum Gasteiger partial charge on any atom is 0.274 e. The molecule has 0 spiro atoms. The van der Waals surface area contributed by atoms with Crippen LogP contribution in [0.15, 0.2) is 46.9 Å². The lowest BCUT2D eigenvalue weighted by molar-refractivity contribution is 0.0229. The minimum absolute atomic E-state index is 0.0827. The number of hydrogen-bond acceptors (Lipinski definition) is 7. The number of fused-ring (bicyclic) bond motifs is 1. The van der Waals surface area contributed by atoms with Gasteiger partial charge in [0, 0.05) is 43.7 Å². The lowest BCUT2D eigenvalue weighted by Gasteiger charge is -2.30. The van der Waals surface area contributed by atoms with Crippen LogP contribution in [0.1, 0.15) is 10.5 Å². The fourth-order valence-electron chi connectivity index (χ4n) is 3.97. The zero-order chi connectivity index (χ0) is 26.4. The first-order valence-corrected chi connectivity index (χ1v) is 16.9. The molecule has 198 valence electrons. The Kier molecular flexibility index (Phi) is 9.07. The van der Waals surface area contributed by atoms with Gasteiger partial charge in [-0.25, -0.2) is 4.98 Å². The average Bonchev–Trinajstić information content (AvgIpc) is 2.88. The Morgan fingerprint density at radius 3 is 2.65 bits per heavy atom. The normalized spacial score (nSPS) is 14.0. The number of anilines is 2. The molecule has 2 aromatic carbocycles. The third kappa shape index (κ3) is 7.22. The molecular formula is C27H34BrN3O5Si. The van der Waals surface area contributed by atoms with Gasteiger partial charge in [0.15, 0.2) is 6.79 Å². The highest BCUT2D eigenvalue weighted by molar-refractivity contribution is 9.10. The van der Waals surface area contributed by atoms with Crippen molar-refractivity contribution in [2.24, 2.45) is 0 Å². The van der Waals surface area contributed by atoms with Crippen LogP contribution < -0.4 is 19.7 Å². The Balaban J connectivity index is 1.60. The summed E-state index contributed by atoms with van der Waals surface area (Å²) < 4.78 is 23.4. The van der Waals surface area contributed by atoms with E-state index in [4.69, 9.17) is 18.9 Å². The molecule has 0 aliphatic carbocycles. The van der Waals surface area contributed by atoms with E-state index >= 15 is 0 Å². The molecule has 0 atom stereocenters. The molecule has 4 rings (SSSR count). The minimum Gasteiger partial charge on any atom is -0.497 e. The molecule has 1 amide bonds. The van der Waals surface area contributed by atoms with E-state index in [9.17, 15) is 4.79 Å². The van der Waals surface area contributed by atoms with E-state index in [0.717, 1.165) is 35.9 Å². The van der Waals surface area contributed by atoms with Crippen molar-refractivity contribution in [3.05, 3.63) is 52.6 Å². The number of pyridine rings is 1. The third-order valence-corrected chi connectivity index (χ3v) is 8.38. The van der Waals surface area contributed by atoms with Gasteiger partial charge in [0.25, 0.3) is 5.91 Å². The second-order valence-corrected chi connectivity index (χ2v) is 16.5. The predicted octanol–water partition coefficient (Wildman–Crippen LogP) is 5.79. The van der Waals surface area contributed by atoms with Crippen LogP contribution in [0, 0.1) is 0 Å². The topological polar surface area (TPSA) is 82.2 Å².